The summed E-state index contributed by atoms with van der Waals surface area (Å²) in [5.41, 5.74) is 2.90. The Hall–Kier alpha value is -2.04. The van der Waals surface area contributed by atoms with Crippen LogP contribution in [0.3, 0.4) is 0 Å². The lowest BCUT2D eigenvalue weighted by atomic mass is 9.69. The van der Waals surface area contributed by atoms with E-state index in [4.69, 9.17) is 0 Å². The first-order valence-electron chi connectivity index (χ1n) is 10.9. The van der Waals surface area contributed by atoms with Crippen molar-refractivity contribution in [2.24, 2.45) is 16.7 Å². The average Bonchev–Trinajstić information content (AvgIpc) is 3.44. The number of nitrogens with zero attached hydrogens (tertiary/aromatic N) is 3. The molecule has 3 saturated carbocycles. The first-order chi connectivity index (χ1) is 13.4. The summed E-state index contributed by atoms with van der Waals surface area (Å²) < 4.78 is 5.40. The van der Waals surface area contributed by atoms with Crippen LogP contribution in [-0.2, 0) is 0 Å². The first-order valence-corrected chi connectivity index (χ1v) is 10.9. The van der Waals surface area contributed by atoms with E-state index in [0.717, 1.165) is 19.3 Å². The first kappa shape index (κ1) is 15.8. The molecule has 5 nitrogen and oxygen atoms in total. The van der Waals surface area contributed by atoms with E-state index in [1.807, 2.05) is 9.36 Å². The zero-order valence-corrected chi connectivity index (χ0v) is 16.8. The molecule has 146 valence electrons. The molecule has 1 aromatic carbocycles. The van der Waals surface area contributed by atoms with E-state index in [2.05, 4.69) is 45.0 Å². The molecule has 0 radical (unpaired) electrons. The van der Waals surface area contributed by atoms with Crippen molar-refractivity contribution in [2.75, 3.05) is 0 Å². The van der Waals surface area contributed by atoms with Crippen molar-refractivity contribution in [3.63, 3.8) is 0 Å². The van der Waals surface area contributed by atoms with Crippen LogP contribution < -0.4 is 11.4 Å². The van der Waals surface area contributed by atoms with Crippen molar-refractivity contribution in [2.45, 2.75) is 76.4 Å². The number of hydrogen-bond donors (Lipinski definition) is 0. The Kier molecular flexibility index (Phi) is 2.50. The number of benzene rings is 1. The summed E-state index contributed by atoms with van der Waals surface area (Å²) in [5, 5.41) is 0. The van der Waals surface area contributed by atoms with E-state index in [-0.39, 0.29) is 40.3 Å². The maximum atomic E-state index is 13.7. The number of aromatic nitrogens is 3. The van der Waals surface area contributed by atoms with Crippen LogP contribution in [0.4, 0.5) is 0 Å². The molecule has 2 heterocycles. The summed E-state index contributed by atoms with van der Waals surface area (Å²) in [4.78, 5) is 27.2. The Bertz CT molecular complexity index is 1170. The molecule has 3 fully saturated rings. The molecule has 1 aliphatic heterocycles. The molecule has 7 rings (SSSR count). The smallest absolute Gasteiger partial charge is 0.246 e. The van der Waals surface area contributed by atoms with E-state index >= 15 is 0 Å². The molecule has 0 unspecified atom stereocenters. The van der Waals surface area contributed by atoms with Crippen molar-refractivity contribution in [1.82, 2.24) is 13.9 Å². The van der Waals surface area contributed by atoms with Gasteiger partial charge in [-0.2, -0.15) is 0 Å². The molecule has 5 heteroatoms. The summed E-state index contributed by atoms with van der Waals surface area (Å²) in [7, 11) is 0. The van der Waals surface area contributed by atoms with Crippen molar-refractivity contribution < 1.29 is 0 Å². The van der Waals surface area contributed by atoms with Crippen LogP contribution in [0, 0.1) is 16.7 Å². The lowest BCUT2D eigenvalue weighted by molar-refractivity contribution is 0.103. The highest BCUT2D eigenvalue weighted by Crippen LogP contribution is 2.70. The Labute approximate surface area is 164 Å². The molecule has 7 atom stereocenters. The van der Waals surface area contributed by atoms with Gasteiger partial charge in [0.2, 0.25) is 0 Å². The zero-order valence-electron chi connectivity index (χ0n) is 16.8. The lowest BCUT2D eigenvalue weighted by Gasteiger charge is -2.39. The normalized spacial score (nSPS) is 43.0. The van der Waals surface area contributed by atoms with Gasteiger partial charge < -0.3 is 0 Å². The summed E-state index contributed by atoms with van der Waals surface area (Å²) in [6.45, 7) is 7.01. The fourth-order valence-corrected chi connectivity index (χ4v) is 8.33. The van der Waals surface area contributed by atoms with Gasteiger partial charge in [0, 0.05) is 17.9 Å². The Morgan fingerprint density at radius 1 is 0.964 bits per heavy atom. The number of hydrogen-bond acceptors (Lipinski definition) is 2. The van der Waals surface area contributed by atoms with Crippen LogP contribution in [0.2, 0.25) is 0 Å². The van der Waals surface area contributed by atoms with Gasteiger partial charge >= 0.3 is 11.4 Å². The molecule has 0 N–H and O–H groups in total. The van der Waals surface area contributed by atoms with Gasteiger partial charge in [-0.15, -0.1) is 0 Å². The quantitative estimate of drug-likeness (QED) is 0.763. The third kappa shape index (κ3) is 1.37. The Morgan fingerprint density at radius 3 is 2.36 bits per heavy atom. The van der Waals surface area contributed by atoms with Gasteiger partial charge in [0.15, 0.2) is 0 Å². The van der Waals surface area contributed by atoms with Crippen LogP contribution in [0.25, 0.3) is 0 Å². The maximum absolute atomic E-state index is 13.7. The minimum absolute atomic E-state index is 0.0326. The van der Waals surface area contributed by atoms with Crippen LogP contribution >= 0.6 is 0 Å². The molecule has 0 amide bonds. The topological polar surface area (TPSA) is 48.9 Å². The van der Waals surface area contributed by atoms with Gasteiger partial charge in [-0.05, 0) is 53.6 Å². The number of rotatable bonds is 1. The highest BCUT2D eigenvalue weighted by atomic mass is 16.2. The molecule has 0 spiro atoms. The third-order valence-corrected chi connectivity index (χ3v) is 10.1. The summed E-state index contributed by atoms with van der Waals surface area (Å²) >= 11 is 0. The standard InChI is InChI=1S/C23H27N3O2/c1-22(2)12-8-9-23(22,3)17(10-12)24-20(27)25-16-11-15-13-6-4-5-7-14(13)18(16)19(15)26(25)21(24)28/h4-7,12,15-19H,8-11H2,1-3H3/t12-,15-,16-,17-,18+,19-,23-/m1/s1. The van der Waals surface area contributed by atoms with Gasteiger partial charge in [-0.3, -0.25) is 0 Å². The van der Waals surface area contributed by atoms with E-state index in [0.29, 0.717) is 17.8 Å². The average molecular weight is 377 g/mol. The van der Waals surface area contributed by atoms with Crippen LogP contribution in [0.15, 0.2) is 33.9 Å². The fourth-order valence-electron chi connectivity index (χ4n) is 8.33. The van der Waals surface area contributed by atoms with Crippen LogP contribution in [-0.4, -0.2) is 13.9 Å². The van der Waals surface area contributed by atoms with E-state index in [1.165, 1.54) is 17.5 Å². The van der Waals surface area contributed by atoms with Gasteiger partial charge in [-0.25, -0.2) is 23.5 Å². The molecule has 2 aromatic rings. The summed E-state index contributed by atoms with van der Waals surface area (Å²) in [6, 6.07) is 8.97. The highest BCUT2D eigenvalue weighted by molar-refractivity contribution is 5.46. The summed E-state index contributed by atoms with van der Waals surface area (Å²) in [6.07, 6.45) is 4.33. The van der Waals surface area contributed by atoms with Crippen molar-refractivity contribution in [1.29, 1.82) is 0 Å². The molecular weight excluding hydrogens is 350 g/mol. The maximum Gasteiger partial charge on any atom is 0.347 e. The largest absolute Gasteiger partial charge is 0.347 e. The minimum Gasteiger partial charge on any atom is -0.246 e. The molecule has 6 bridgehead atoms. The predicted octanol–water partition coefficient (Wildman–Crippen LogP) is 3.58. The predicted molar refractivity (Wildman–Crippen MR) is 106 cm³/mol. The van der Waals surface area contributed by atoms with Gasteiger partial charge in [-0.1, -0.05) is 45.0 Å². The molecule has 1 aromatic heterocycles. The van der Waals surface area contributed by atoms with Crippen molar-refractivity contribution in [3.05, 3.63) is 56.4 Å². The van der Waals surface area contributed by atoms with E-state index < -0.39 is 0 Å². The van der Waals surface area contributed by atoms with Crippen molar-refractivity contribution in [3.8, 4) is 0 Å². The SMILES string of the molecule is CC1(C)[C@@H]2CC[C@]1(C)[C@H](n1c(=O)n3n(c1=O)[C@@H]1C[C@@H]4c5ccccc5[C@@H]1[C@@H]43)C2. The van der Waals surface area contributed by atoms with Gasteiger partial charge in [0.25, 0.3) is 0 Å². The van der Waals surface area contributed by atoms with Crippen molar-refractivity contribution >= 4 is 0 Å². The number of fused-ring (bicyclic) bond motifs is 6. The second-order valence-corrected chi connectivity index (χ2v) is 10.8. The molecule has 28 heavy (non-hydrogen) atoms. The highest BCUT2D eigenvalue weighted by Gasteiger charge is 2.64. The monoisotopic (exact) mass is 377 g/mol. The Balaban J connectivity index is 1.41. The molecule has 5 aliphatic rings. The lowest BCUT2D eigenvalue weighted by Crippen LogP contribution is -2.42. The van der Waals surface area contributed by atoms with Crippen LogP contribution in [0.5, 0.6) is 0 Å². The second kappa shape index (κ2) is 4.42. The fraction of sp³-hybridized carbons (Fsp3) is 0.652. The van der Waals surface area contributed by atoms with E-state index in [1.54, 1.807) is 4.57 Å². The second-order valence-electron chi connectivity index (χ2n) is 10.8. The third-order valence-electron chi connectivity index (χ3n) is 10.1. The van der Waals surface area contributed by atoms with Crippen LogP contribution in [0.1, 0.15) is 87.5 Å². The van der Waals surface area contributed by atoms with Gasteiger partial charge in [0.1, 0.15) is 0 Å². The van der Waals surface area contributed by atoms with E-state index in [9.17, 15) is 9.59 Å². The zero-order chi connectivity index (χ0) is 19.2. The summed E-state index contributed by atoms with van der Waals surface area (Å²) in [5.74, 6) is 1.32. The molecule has 4 aliphatic carbocycles. The minimum atomic E-state index is -0.0467. The molecule has 0 saturated heterocycles. The molecular formula is C23H27N3O2. The Morgan fingerprint density at radius 2 is 1.68 bits per heavy atom. The van der Waals surface area contributed by atoms with Gasteiger partial charge in [0.05, 0.1) is 12.1 Å².